The third-order valence-corrected chi connectivity index (χ3v) is 2.20. The quantitative estimate of drug-likeness (QED) is 0.704. The standard InChI is InChI=1S/C10H17NO4/c1-2-3-9-6-8(4-5-14-9)11-15-7-10(12)13/h9H,2-7H2,1H3,(H,12,13). The summed E-state index contributed by atoms with van der Waals surface area (Å²) in [7, 11) is 0. The number of rotatable bonds is 5. The van der Waals surface area contributed by atoms with Crippen molar-refractivity contribution >= 4 is 11.7 Å². The predicted octanol–water partition coefficient (Wildman–Crippen LogP) is 1.42. The Labute approximate surface area is 89.1 Å². The van der Waals surface area contributed by atoms with Crippen molar-refractivity contribution in [1.29, 1.82) is 0 Å². The molecule has 1 heterocycles. The minimum atomic E-state index is -1.00. The molecule has 0 aliphatic carbocycles. The monoisotopic (exact) mass is 215 g/mol. The number of hydrogen-bond donors (Lipinski definition) is 1. The van der Waals surface area contributed by atoms with Crippen LogP contribution >= 0.6 is 0 Å². The normalized spacial score (nSPS) is 24.1. The lowest BCUT2D eigenvalue weighted by atomic mass is 10.0. The lowest BCUT2D eigenvalue weighted by Gasteiger charge is -2.23. The summed E-state index contributed by atoms with van der Waals surface area (Å²) in [4.78, 5) is 14.9. The Hall–Kier alpha value is -1.10. The molecule has 1 aliphatic heterocycles. The summed E-state index contributed by atoms with van der Waals surface area (Å²) in [6.45, 7) is 2.39. The molecule has 1 aliphatic rings. The zero-order valence-corrected chi connectivity index (χ0v) is 8.94. The van der Waals surface area contributed by atoms with Gasteiger partial charge < -0.3 is 14.7 Å². The molecular weight excluding hydrogens is 198 g/mol. The molecule has 1 rings (SSSR count). The maximum absolute atomic E-state index is 10.2. The summed E-state index contributed by atoms with van der Waals surface area (Å²) in [5, 5.41) is 12.2. The Morgan fingerprint density at radius 2 is 2.53 bits per heavy atom. The van der Waals surface area contributed by atoms with Crippen molar-refractivity contribution in [3.05, 3.63) is 0 Å². The molecule has 1 fully saturated rings. The van der Waals surface area contributed by atoms with E-state index in [1.165, 1.54) is 0 Å². The molecule has 0 saturated carbocycles. The van der Waals surface area contributed by atoms with Crippen LogP contribution < -0.4 is 0 Å². The zero-order chi connectivity index (χ0) is 11.1. The first kappa shape index (κ1) is 12.0. The Kier molecular flexibility index (Phi) is 5.10. The van der Waals surface area contributed by atoms with Crippen LogP contribution in [0.1, 0.15) is 32.6 Å². The first-order valence-electron chi connectivity index (χ1n) is 5.23. The average Bonchev–Trinajstić information content (AvgIpc) is 2.18. The van der Waals surface area contributed by atoms with Gasteiger partial charge in [0.15, 0.2) is 0 Å². The molecule has 0 bridgehead atoms. The van der Waals surface area contributed by atoms with Crippen LogP contribution in [0.5, 0.6) is 0 Å². The summed E-state index contributed by atoms with van der Waals surface area (Å²) in [5.41, 5.74) is 0.904. The van der Waals surface area contributed by atoms with Crippen molar-refractivity contribution in [3.8, 4) is 0 Å². The topological polar surface area (TPSA) is 68.1 Å². The molecular formula is C10H17NO4. The summed E-state index contributed by atoms with van der Waals surface area (Å²) in [6, 6.07) is 0. The molecule has 0 amide bonds. The lowest BCUT2D eigenvalue weighted by molar-refractivity contribution is -0.142. The van der Waals surface area contributed by atoms with Gasteiger partial charge in [-0.15, -0.1) is 0 Å². The molecule has 5 heteroatoms. The van der Waals surface area contributed by atoms with Crippen LogP contribution in [0.3, 0.4) is 0 Å². The van der Waals surface area contributed by atoms with Crippen molar-refractivity contribution in [2.75, 3.05) is 13.2 Å². The van der Waals surface area contributed by atoms with E-state index in [9.17, 15) is 4.79 Å². The minimum Gasteiger partial charge on any atom is -0.479 e. The van der Waals surface area contributed by atoms with E-state index >= 15 is 0 Å². The van der Waals surface area contributed by atoms with Crippen molar-refractivity contribution in [2.45, 2.75) is 38.7 Å². The number of nitrogens with zero attached hydrogens (tertiary/aromatic N) is 1. The van der Waals surface area contributed by atoms with E-state index < -0.39 is 5.97 Å². The molecule has 0 aromatic rings. The molecule has 0 aromatic carbocycles. The van der Waals surface area contributed by atoms with Gasteiger partial charge in [-0.25, -0.2) is 4.79 Å². The fourth-order valence-electron chi connectivity index (χ4n) is 1.54. The Morgan fingerprint density at radius 1 is 1.73 bits per heavy atom. The van der Waals surface area contributed by atoms with Crippen LogP contribution in [0.2, 0.25) is 0 Å². The van der Waals surface area contributed by atoms with E-state index in [-0.39, 0.29) is 12.7 Å². The molecule has 1 saturated heterocycles. The van der Waals surface area contributed by atoms with Gasteiger partial charge in [0, 0.05) is 12.8 Å². The smallest absolute Gasteiger partial charge is 0.344 e. The van der Waals surface area contributed by atoms with Crippen LogP contribution in [0.25, 0.3) is 0 Å². The van der Waals surface area contributed by atoms with E-state index in [2.05, 4.69) is 12.1 Å². The van der Waals surface area contributed by atoms with E-state index in [0.717, 1.165) is 31.4 Å². The van der Waals surface area contributed by atoms with Crippen LogP contribution in [-0.2, 0) is 14.4 Å². The third-order valence-electron chi connectivity index (χ3n) is 2.20. The highest BCUT2D eigenvalue weighted by Gasteiger charge is 2.18. The van der Waals surface area contributed by atoms with Gasteiger partial charge in [0.25, 0.3) is 0 Å². The molecule has 15 heavy (non-hydrogen) atoms. The summed E-state index contributed by atoms with van der Waals surface area (Å²) >= 11 is 0. The van der Waals surface area contributed by atoms with Crippen LogP contribution in [-0.4, -0.2) is 36.1 Å². The van der Waals surface area contributed by atoms with Gasteiger partial charge >= 0.3 is 5.97 Å². The molecule has 0 radical (unpaired) electrons. The van der Waals surface area contributed by atoms with E-state index in [1.54, 1.807) is 0 Å². The highest BCUT2D eigenvalue weighted by Crippen LogP contribution is 2.15. The average molecular weight is 215 g/mol. The predicted molar refractivity (Wildman–Crippen MR) is 54.9 cm³/mol. The first-order valence-corrected chi connectivity index (χ1v) is 5.23. The molecule has 0 aromatic heterocycles. The van der Waals surface area contributed by atoms with Gasteiger partial charge in [0.2, 0.25) is 6.61 Å². The summed E-state index contributed by atoms with van der Waals surface area (Å²) in [6.07, 6.45) is 3.80. The molecule has 86 valence electrons. The minimum absolute atomic E-state index is 0.218. The van der Waals surface area contributed by atoms with Crippen molar-refractivity contribution in [3.63, 3.8) is 0 Å². The van der Waals surface area contributed by atoms with Crippen molar-refractivity contribution in [1.82, 2.24) is 0 Å². The Bertz CT molecular complexity index is 238. The number of carboxylic acids is 1. The molecule has 1 atom stereocenters. The number of oxime groups is 1. The van der Waals surface area contributed by atoms with Gasteiger partial charge in [0.05, 0.1) is 18.4 Å². The van der Waals surface area contributed by atoms with E-state index in [0.29, 0.717) is 6.61 Å². The first-order chi connectivity index (χ1) is 7.22. The van der Waals surface area contributed by atoms with Crippen molar-refractivity contribution < 1.29 is 19.5 Å². The second-order valence-corrected chi connectivity index (χ2v) is 3.56. The Balaban J connectivity index is 2.31. The van der Waals surface area contributed by atoms with Crippen LogP contribution in [0, 0.1) is 0 Å². The largest absolute Gasteiger partial charge is 0.479 e. The number of carbonyl (C=O) groups is 1. The van der Waals surface area contributed by atoms with Crippen LogP contribution in [0.4, 0.5) is 0 Å². The second-order valence-electron chi connectivity index (χ2n) is 3.56. The van der Waals surface area contributed by atoms with E-state index in [1.807, 2.05) is 0 Å². The molecule has 5 nitrogen and oxygen atoms in total. The zero-order valence-electron chi connectivity index (χ0n) is 8.94. The maximum atomic E-state index is 10.2. The Morgan fingerprint density at radius 3 is 3.20 bits per heavy atom. The van der Waals surface area contributed by atoms with Gasteiger partial charge in [-0.1, -0.05) is 18.5 Å². The van der Waals surface area contributed by atoms with Gasteiger partial charge in [-0.3, -0.25) is 0 Å². The maximum Gasteiger partial charge on any atom is 0.344 e. The lowest BCUT2D eigenvalue weighted by Crippen LogP contribution is -2.26. The number of aliphatic carboxylic acids is 1. The highest BCUT2D eigenvalue weighted by molar-refractivity contribution is 5.85. The fourth-order valence-corrected chi connectivity index (χ4v) is 1.54. The molecule has 1 N–H and O–H groups in total. The number of carboxylic acid groups (broad SMARTS) is 1. The van der Waals surface area contributed by atoms with Crippen LogP contribution in [0.15, 0.2) is 5.16 Å². The SMILES string of the molecule is CCCC1CC(=NOCC(=O)O)CCO1. The van der Waals surface area contributed by atoms with Gasteiger partial charge in [-0.05, 0) is 6.42 Å². The molecule has 0 spiro atoms. The third kappa shape index (κ3) is 4.78. The number of ether oxygens (including phenoxy) is 1. The second kappa shape index (κ2) is 6.40. The molecule has 1 unspecified atom stereocenters. The van der Waals surface area contributed by atoms with Gasteiger partial charge in [-0.2, -0.15) is 0 Å². The number of hydrogen-bond acceptors (Lipinski definition) is 4. The highest BCUT2D eigenvalue weighted by atomic mass is 16.6. The van der Waals surface area contributed by atoms with E-state index in [4.69, 9.17) is 14.7 Å². The summed E-state index contributed by atoms with van der Waals surface area (Å²) < 4.78 is 5.52. The van der Waals surface area contributed by atoms with Crippen molar-refractivity contribution in [2.24, 2.45) is 5.16 Å². The fraction of sp³-hybridized carbons (Fsp3) is 0.800. The summed E-state index contributed by atoms with van der Waals surface area (Å²) in [5.74, 6) is -1.00. The van der Waals surface area contributed by atoms with Gasteiger partial charge in [0.1, 0.15) is 0 Å².